The van der Waals surface area contributed by atoms with Gasteiger partial charge in [0.25, 0.3) is 5.91 Å². The van der Waals surface area contributed by atoms with Gasteiger partial charge in [-0.1, -0.05) is 25.2 Å². The quantitative estimate of drug-likeness (QED) is 0.797. The Morgan fingerprint density at radius 2 is 2.10 bits per heavy atom. The highest BCUT2D eigenvalue weighted by Gasteiger charge is 2.38. The Hall–Kier alpha value is -1.01. The first-order valence-corrected chi connectivity index (χ1v) is 8.12. The summed E-state index contributed by atoms with van der Waals surface area (Å²) in [6.45, 7) is 2.17. The molecule has 1 aliphatic rings. The summed E-state index contributed by atoms with van der Waals surface area (Å²) >= 11 is 8.24. The first-order chi connectivity index (χ1) is 9.85. The van der Waals surface area contributed by atoms with Crippen molar-refractivity contribution in [3.05, 3.63) is 34.1 Å². The van der Waals surface area contributed by atoms with E-state index in [1.54, 1.807) is 12.1 Å². The van der Waals surface area contributed by atoms with E-state index in [1.807, 2.05) is 0 Å². The maximum Gasteiger partial charge on any atom is 0.255 e. The maximum atomic E-state index is 14.0. The number of halogens is 2. The number of amides is 1. The number of thiocarbonyl (C=S) groups is 1. The molecule has 3 nitrogen and oxygen atoms in total. The summed E-state index contributed by atoms with van der Waals surface area (Å²) in [4.78, 5) is 12.7. The third-order valence-electron chi connectivity index (χ3n) is 4.15. The highest BCUT2D eigenvalue weighted by Crippen LogP contribution is 2.32. The molecule has 0 saturated heterocycles. The van der Waals surface area contributed by atoms with Crippen LogP contribution in [0.15, 0.2) is 22.7 Å². The lowest BCUT2D eigenvalue weighted by Crippen LogP contribution is -2.58. The van der Waals surface area contributed by atoms with Crippen LogP contribution in [0.25, 0.3) is 0 Å². The lowest BCUT2D eigenvalue weighted by Gasteiger charge is -2.39. The van der Waals surface area contributed by atoms with Crippen LogP contribution >= 0.6 is 28.1 Å². The SMILES string of the molecule is CC1CCC(NC(=O)c2cccc(Br)c2F)(C(N)=S)CC1. The van der Waals surface area contributed by atoms with Gasteiger partial charge in [-0.15, -0.1) is 0 Å². The van der Waals surface area contributed by atoms with Gasteiger partial charge in [0, 0.05) is 0 Å². The smallest absolute Gasteiger partial charge is 0.255 e. The summed E-state index contributed by atoms with van der Waals surface area (Å²) < 4.78 is 14.3. The largest absolute Gasteiger partial charge is 0.391 e. The molecule has 0 bridgehead atoms. The molecule has 1 aromatic carbocycles. The highest BCUT2D eigenvalue weighted by atomic mass is 79.9. The van der Waals surface area contributed by atoms with Gasteiger partial charge in [-0.3, -0.25) is 4.79 Å². The number of hydrogen-bond donors (Lipinski definition) is 2. The summed E-state index contributed by atoms with van der Waals surface area (Å²) in [5, 5.41) is 2.87. The number of carbonyl (C=O) groups excluding carboxylic acids is 1. The molecule has 1 saturated carbocycles. The van der Waals surface area contributed by atoms with Gasteiger partial charge in [0.05, 0.1) is 20.6 Å². The van der Waals surface area contributed by atoms with E-state index in [0.717, 1.165) is 12.8 Å². The summed E-state index contributed by atoms with van der Waals surface area (Å²) in [5.41, 5.74) is 5.15. The van der Waals surface area contributed by atoms with Crippen molar-refractivity contribution in [2.45, 2.75) is 38.1 Å². The lowest BCUT2D eigenvalue weighted by molar-refractivity contribution is 0.0896. The van der Waals surface area contributed by atoms with E-state index in [1.165, 1.54) is 6.07 Å². The average Bonchev–Trinajstić information content (AvgIpc) is 2.44. The minimum Gasteiger partial charge on any atom is -0.391 e. The summed E-state index contributed by atoms with van der Waals surface area (Å²) in [6, 6.07) is 4.63. The molecule has 0 spiro atoms. The monoisotopic (exact) mass is 372 g/mol. The van der Waals surface area contributed by atoms with Crippen molar-refractivity contribution in [1.29, 1.82) is 0 Å². The van der Waals surface area contributed by atoms with Crippen LogP contribution in [0.3, 0.4) is 0 Å². The van der Waals surface area contributed by atoms with E-state index in [4.69, 9.17) is 18.0 Å². The normalized spacial score (nSPS) is 25.4. The summed E-state index contributed by atoms with van der Waals surface area (Å²) in [5.74, 6) is -0.458. The van der Waals surface area contributed by atoms with Crippen molar-refractivity contribution in [2.24, 2.45) is 11.7 Å². The molecule has 114 valence electrons. The number of benzene rings is 1. The maximum absolute atomic E-state index is 14.0. The Morgan fingerprint density at radius 1 is 1.48 bits per heavy atom. The second-order valence-corrected chi connectivity index (χ2v) is 6.98. The third kappa shape index (κ3) is 3.43. The fraction of sp³-hybridized carbons (Fsp3) is 0.467. The minimum absolute atomic E-state index is 0.00128. The van der Waals surface area contributed by atoms with E-state index in [0.29, 0.717) is 18.8 Å². The van der Waals surface area contributed by atoms with Gasteiger partial charge < -0.3 is 11.1 Å². The molecule has 1 fully saturated rings. The van der Waals surface area contributed by atoms with E-state index < -0.39 is 17.3 Å². The Labute approximate surface area is 137 Å². The fourth-order valence-electron chi connectivity index (χ4n) is 2.65. The van der Waals surface area contributed by atoms with E-state index >= 15 is 0 Å². The Morgan fingerprint density at radius 3 is 2.67 bits per heavy atom. The molecule has 1 aromatic rings. The molecule has 6 heteroatoms. The van der Waals surface area contributed by atoms with Gasteiger partial charge in [0.15, 0.2) is 0 Å². The van der Waals surface area contributed by atoms with Gasteiger partial charge in [0.2, 0.25) is 0 Å². The van der Waals surface area contributed by atoms with Crippen LogP contribution in [0.5, 0.6) is 0 Å². The second kappa shape index (κ2) is 6.40. The second-order valence-electron chi connectivity index (χ2n) is 5.68. The number of nitrogens with two attached hydrogens (primary N) is 1. The molecule has 0 aromatic heterocycles. The van der Waals surface area contributed by atoms with Gasteiger partial charge >= 0.3 is 0 Å². The summed E-state index contributed by atoms with van der Waals surface area (Å²) in [6.07, 6.45) is 3.28. The van der Waals surface area contributed by atoms with Crippen LogP contribution in [0, 0.1) is 11.7 Å². The predicted molar refractivity (Wildman–Crippen MR) is 88.7 cm³/mol. The molecule has 3 N–H and O–H groups in total. The first kappa shape index (κ1) is 16.4. The molecule has 0 unspecified atom stereocenters. The summed E-state index contributed by atoms with van der Waals surface area (Å²) in [7, 11) is 0. The Balaban J connectivity index is 2.23. The Kier molecular flexibility index (Phi) is 4.99. The molecule has 2 rings (SSSR count). The lowest BCUT2D eigenvalue weighted by atomic mass is 9.77. The predicted octanol–water partition coefficient (Wildman–Crippen LogP) is 3.55. The third-order valence-corrected chi connectivity index (χ3v) is 5.15. The Bertz CT molecular complexity index is 571. The zero-order chi connectivity index (χ0) is 15.6. The van der Waals surface area contributed by atoms with Crippen molar-refractivity contribution in [1.82, 2.24) is 5.32 Å². The number of hydrogen-bond acceptors (Lipinski definition) is 2. The van der Waals surface area contributed by atoms with Gasteiger partial charge in [0.1, 0.15) is 5.82 Å². The number of carbonyl (C=O) groups is 1. The van der Waals surface area contributed by atoms with Crippen LogP contribution in [0.2, 0.25) is 0 Å². The van der Waals surface area contributed by atoms with E-state index in [9.17, 15) is 9.18 Å². The molecular weight excluding hydrogens is 355 g/mol. The molecular formula is C15H18BrFN2OS. The standard InChI is InChI=1S/C15H18BrFN2OS/c1-9-5-7-15(8-6-9,14(18)21)19-13(20)10-3-2-4-11(16)12(10)17/h2-4,9H,5-8H2,1H3,(H2,18,21)(H,19,20). The molecule has 0 radical (unpaired) electrons. The van der Waals surface area contributed by atoms with E-state index in [-0.39, 0.29) is 15.0 Å². The molecule has 1 amide bonds. The molecule has 21 heavy (non-hydrogen) atoms. The van der Waals surface area contributed by atoms with Crippen LogP contribution in [-0.2, 0) is 0 Å². The van der Waals surface area contributed by atoms with Gasteiger partial charge in [-0.2, -0.15) is 0 Å². The molecule has 0 heterocycles. The molecule has 0 atom stereocenters. The van der Waals surface area contributed by atoms with Crippen molar-refractivity contribution in [2.75, 3.05) is 0 Å². The van der Waals surface area contributed by atoms with Crippen LogP contribution < -0.4 is 11.1 Å². The number of nitrogens with one attached hydrogen (secondary N) is 1. The molecule has 1 aliphatic carbocycles. The van der Waals surface area contributed by atoms with Gasteiger partial charge in [-0.25, -0.2) is 4.39 Å². The van der Waals surface area contributed by atoms with Crippen molar-refractivity contribution < 1.29 is 9.18 Å². The minimum atomic E-state index is -0.701. The van der Waals surface area contributed by atoms with Crippen molar-refractivity contribution in [3.63, 3.8) is 0 Å². The van der Waals surface area contributed by atoms with Crippen molar-refractivity contribution in [3.8, 4) is 0 Å². The fourth-order valence-corrected chi connectivity index (χ4v) is 3.27. The van der Waals surface area contributed by atoms with Crippen LogP contribution in [-0.4, -0.2) is 16.4 Å². The first-order valence-electron chi connectivity index (χ1n) is 6.92. The van der Waals surface area contributed by atoms with Crippen molar-refractivity contribution >= 4 is 39.0 Å². The molecule has 0 aliphatic heterocycles. The topological polar surface area (TPSA) is 55.1 Å². The zero-order valence-electron chi connectivity index (χ0n) is 11.8. The van der Waals surface area contributed by atoms with Crippen LogP contribution in [0.1, 0.15) is 43.0 Å². The van der Waals surface area contributed by atoms with Crippen LogP contribution in [0.4, 0.5) is 4.39 Å². The van der Waals surface area contributed by atoms with E-state index in [2.05, 4.69) is 28.2 Å². The number of rotatable bonds is 3. The average molecular weight is 373 g/mol. The highest BCUT2D eigenvalue weighted by molar-refractivity contribution is 9.10. The van der Waals surface area contributed by atoms with Gasteiger partial charge in [-0.05, 0) is 59.7 Å². The zero-order valence-corrected chi connectivity index (χ0v) is 14.2.